The topological polar surface area (TPSA) is 86.0 Å². The number of hydrogen-bond donors (Lipinski definition) is 2. The quantitative estimate of drug-likeness (QED) is 0.504. The number of rotatable bonds is 5. The zero-order chi connectivity index (χ0) is 15.9. The number of methoxy groups -OCH3 is 1. The lowest BCUT2D eigenvalue weighted by Crippen LogP contribution is -2.22. The molecule has 5 nitrogen and oxygen atoms in total. The number of nitrogens with two attached hydrogens (primary N) is 2. The lowest BCUT2D eigenvalue weighted by Gasteiger charge is -2.07. The fourth-order valence-corrected chi connectivity index (χ4v) is 2.00. The molecule has 0 aliphatic rings. The van der Waals surface area contributed by atoms with Gasteiger partial charge in [-0.3, -0.25) is 0 Å². The molecule has 0 heterocycles. The van der Waals surface area contributed by atoms with Gasteiger partial charge in [-0.25, -0.2) is 0 Å². The molecule has 0 unspecified atom stereocenters. The van der Waals surface area contributed by atoms with E-state index in [0.717, 1.165) is 22.6 Å². The van der Waals surface area contributed by atoms with Gasteiger partial charge in [-0.05, 0) is 42.3 Å². The molecule has 5 heteroatoms. The number of hydrogen-bond acceptors (Lipinski definition) is 3. The Morgan fingerprint density at radius 1 is 0.955 bits per heavy atom. The van der Waals surface area contributed by atoms with Gasteiger partial charge in [-0.15, -0.1) is 5.10 Å². The molecule has 0 fully saturated rings. The first-order valence-corrected chi connectivity index (χ1v) is 6.94. The molecule has 0 amide bonds. The number of ether oxygens (including phenoxy) is 1. The molecule has 0 radical (unpaired) electrons. The number of benzene rings is 2. The number of nitrogens with zero attached hydrogens (tertiary/aromatic N) is 2. The fraction of sp³-hybridized carbons (Fsp3) is 0.176. The zero-order valence-corrected chi connectivity index (χ0v) is 12.8. The summed E-state index contributed by atoms with van der Waals surface area (Å²) in [7, 11) is 1.63. The number of aryl methyl sites for hydroxylation is 1. The summed E-state index contributed by atoms with van der Waals surface area (Å²) in [6.45, 7) is 2.06. The minimum Gasteiger partial charge on any atom is -0.497 e. The van der Waals surface area contributed by atoms with Crippen molar-refractivity contribution < 1.29 is 4.74 Å². The van der Waals surface area contributed by atoms with E-state index < -0.39 is 0 Å². The predicted molar refractivity (Wildman–Crippen MR) is 90.2 cm³/mol. The highest BCUT2D eigenvalue weighted by atomic mass is 16.5. The van der Waals surface area contributed by atoms with Gasteiger partial charge < -0.3 is 16.2 Å². The first-order valence-electron chi connectivity index (χ1n) is 6.94. The molecule has 2 aromatic carbocycles. The van der Waals surface area contributed by atoms with Crippen LogP contribution in [0.4, 0.5) is 0 Å². The second-order valence-corrected chi connectivity index (χ2v) is 4.96. The highest BCUT2D eigenvalue weighted by Gasteiger charge is 2.06. The summed E-state index contributed by atoms with van der Waals surface area (Å²) in [5.74, 6) is 0.732. The Kier molecular flexibility index (Phi) is 5.14. The van der Waals surface area contributed by atoms with E-state index in [0.29, 0.717) is 6.42 Å². The maximum Gasteiger partial charge on any atom is 0.211 e. The van der Waals surface area contributed by atoms with E-state index in [2.05, 4.69) is 41.4 Å². The van der Waals surface area contributed by atoms with Gasteiger partial charge in [0.1, 0.15) is 5.75 Å². The Morgan fingerprint density at radius 2 is 1.59 bits per heavy atom. The van der Waals surface area contributed by atoms with Gasteiger partial charge in [0.05, 0.1) is 12.8 Å². The molecule has 4 N–H and O–H groups in total. The third kappa shape index (κ3) is 4.34. The first-order chi connectivity index (χ1) is 10.6. The van der Waals surface area contributed by atoms with E-state index in [1.54, 1.807) is 7.11 Å². The van der Waals surface area contributed by atoms with Crippen molar-refractivity contribution in [2.24, 2.45) is 21.7 Å². The lowest BCUT2D eigenvalue weighted by molar-refractivity contribution is 0.415. The first kappa shape index (κ1) is 15.6. The molecule has 114 valence electrons. The number of guanidine groups is 1. The molecule has 0 bridgehead atoms. The van der Waals surface area contributed by atoms with Crippen LogP contribution in [0.15, 0.2) is 58.7 Å². The van der Waals surface area contributed by atoms with Crippen LogP contribution in [0.3, 0.4) is 0 Å². The van der Waals surface area contributed by atoms with Crippen molar-refractivity contribution in [2.45, 2.75) is 13.3 Å². The SMILES string of the molecule is COc1ccc(C(Cc2ccc(C)cc2)=NN=C(N)N)cc1. The van der Waals surface area contributed by atoms with Gasteiger partial charge in [0, 0.05) is 6.42 Å². The Morgan fingerprint density at radius 3 is 2.14 bits per heavy atom. The van der Waals surface area contributed by atoms with Crippen molar-refractivity contribution in [3.63, 3.8) is 0 Å². The van der Waals surface area contributed by atoms with Crippen molar-refractivity contribution in [1.29, 1.82) is 0 Å². The average Bonchev–Trinajstić information content (AvgIpc) is 2.53. The lowest BCUT2D eigenvalue weighted by atomic mass is 10.0. The third-order valence-electron chi connectivity index (χ3n) is 3.20. The maximum absolute atomic E-state index is 5.38. The molecule has 0 saturated heterocycles. The average molecular weight is 296 g/mol. The van der Waals surface area contributed by atoms with Crippen molar-refractivity contribution in [3.8, 4) is 5.75 Å². The summed E-state index contributed by atoms with van der Waals surface area (Å²) in [5.41, 5.74) is 14.9. The summed E-state index contributed by atoms with van der Waals surface area (Å²) in [4.78, 5) is 0. The molecule has 0 saturated carbocycles. The molecule has 0 spiro atoms. The van der Waals surface area contributed by atoms with E-state index in [1.165, 1.54) is 5.56 Å². The van der Waals surface area contributed by atoms with Crippen LogP contribution in [-0.4, -0.2) is 18.8 Å². The Hall–Kier alpha value is -2.82. The Bertz CT molecular complexity index is 669. The molecule has 2 rings (SSSR count). The van der Waals surface area contributed by atoms with Crippen LogP contribution < -0.4 is 16.2 Å². The van der Waals surface area contributed by atoms with Gasteiger partial charge in [-0.2, -0.15) is 5.10 Å². The molecular weight excluding hydrogens is 276 g/mol. The van der Waals surface area contributed by atoms with E-state index >= 15 is 0 Å². The van der Waals surface area contributed by atoms with Gasteiger partial charge in [0.15, 0.2) is 0 Å². The summed E-state index contributed by atoms with van der Waals surface area (Å²) in [5, 5.41) is 7.97. The third-order valence-corrected chi connectivity index (χ3v) is 3.20. The van der Waals surface area contributed by atoms with Gasteiger partial charge in [0.25, 0.3) is 0 Å². The van der Waals surface area contributed by atoms with Crippen LogP contribution in [0.25, 0.3) is 0 Å². The Balaban J connectivity index is 2.31. The maximum atomic E-state index is 5.38. The minimum absolute atomic E-state index is 0.0603. The smallest absolute Gasteiger partial charge is 0.211 e. The molecule has 2 aromatic rings. The van der Waals surface area contributed by atoms with Gasteiger partial charge >= 0.3 is 0 Å². The van der Waals surface area contributed by atoms with E-state index in [4.69, 9.17) is 16.2 Å². The zero-order valence-electron chi connectivity index (χ0n) is 12.8. The molecular formula is C17H20N4O. The minimum atomic E-state index is -0.0603. The van der Waals surface area contributed by atoms with Crippen LogP contribution in [0.2, 0.25) is 0 Å². The van der Waals surface area contributed by atoms with E-state index in [-0.39, 0.29) is 5.96 Å². The van der Waals surface area contributed by atoms with Crippen molar-refractivity contribution >= 4 is 11.7 Å². The van der Waals surface area contributed by atoms with Crippen LogP contribution in [-0.2, 0) is 6.42 Å². The predicted octanol–water partition coefficient (Wildman–Crippen LogP) is 2.22. The second-order valence-electron chi connectivity index (χ2n) is 4.96. The summed E-state index contributed by atoms with van der Waals surface area (Å²) < 4.78 is 5.17. The van der Waals surface area contributed by atoms with Crippen LogP contribution in [0.5, 0.6) is 5.75 Å². The van der Waals surface area contributed by atoms with E-state index in [9.17, 15) is 0 Å². The molecule has 22 heavy (non-hydrogen) atoms. The van der Waals surface area contributed by atoms with Crippen LogP contribution in [0, 0.1) is 6.92 Å². The summed E-state index contributed by atoms with van der Waals surface area (Å²) in [6.07, 6.45) is 0.642. The van der Waals surface area contributed by atoms with Crippen molar-refractivity contribution in [1.82, 2.24) is 0 Å². The van der Waals surface area contributed by atoms with Gasteiger partial charge in [-0.1, -0.05) is 29.8 Å². The van der Waals surface area contributed by atoms with E-state index in [1.807, 2.05) is 24.3 Å². The highest BCUT2D eigenvalue weighted by molar-refractivity contribution is 6.02. The fourth-order valence-electron chi connectivity index (χ4n) is 2.00. The second kappa shape index (κ2) is 7.26. The van der Waals surface area contributed by atoms with Crippen LogP contribution in [0.1, 0.15) is 16.7 Å². The largest absolute Gasteiger partial charge is 0.497 e. The Labute approximate surface area is 130 Å². The summed E-state index contributed by atoms with van der Waals surface area (Å²) >= 11 is 0. The monoisotopic (exact) mass is 296 g/mol. The highest BCUT2D eigenvalue weighted by Crippen LogP contribution is 2.15. The van der Waals surface area contributed by atoms with Crippen LogP contribution >= 0.6 is 0 Å². The normalized spacial score (nSPS) is 11.1. The summed E-state index contributed by atoms with van der Waals surface area (Å²) in [6, 6.07) is 15.9. The molecule has 0 aliphatic carbocycles. The molecule has 0 atom stereocenters. The molecule has 0 aliphatic heterocycles. The van der Waals surface area contributed by atoms with Gasteiger partial charge in [0.2, 0.25) is 5.96 Å². The van der Waals surface area contributed by atoms with Crippen molar-refractivity contribution in [3.05, 3.63) is 65.2 Å². The molecule has 0 aromatic heterocycles. The van der Waals surface area contributed by atoms with Crippen molar-refractivity contribution in [2.75, 3.05) is 7.11 Å². The standard InChI is InChI=1S/C17H20N4O/c1-12-3-5-13(6-4-12)11-16(20-21-17(18)19)14-7-9-15(22-2)10-8-14/h3-10H,11H2,1-2H3,(H4,18,19,21).